The molecule has 1 fully saturated rings. The van der Waals surface area contributed by atoms with Gasteiger partial charge in [-0.05, 0) is 54.3 Å². The Bertz CT molecular complexity index is 996. The van der Waals surface area contributed by atoms with Gasteiger partial charge in [0.05, 0.1) is 26.7 Å². The van der Waals surface area contributed by atoms with Crippen molar-refractivity contribution < 1.29 is 28.5 Å². The van der Waals surface area contributed by atoms with Crippen LogP contribution in [0.2, 0.25) is 0 Å². The van der Waals surface area contributed by atoms with Crippen LogP contribution in [0, 0.1) is 25.7 Å². The molecule has 0 aromatic heterocycles. The fourth-order valence-electron chi connectivity index (χ4n) is 4.49. The molecule has 30 heavy (non-hydrogen) atoms. The number of methoxy groups -OCH3 is 2. The van der Waals surface area contributed by atoms with Crippen molar-refractivity contribution in [1.82, 2.24) is 0 Å². The van der Waals surface area contributed by atoms with Crippen molar-refractivity contribution >= 4 is 5.97 Å². The summed E-state index contributed by atoms with van der Waals surface area (Å²) in [5.41, 5.74) is 3.88. The predicted molar refractivity (Wildman–Crippen MR) is 112 cm³/mol. The summed E-state index contributed by atoms with van der Waals surface area (Å²) in [4.78, 5) is 12.9. The summed E-state index contributed by atoms with van der Waals surface area (Å²) in [6, 6.07) is 7.91. The van der Waals surface area contributed by atoms with Crippen molar-refractivity contribution in [2.75, 3.05) is 27.6 Å². The van der Waals surface area contributed by atoms with Gasteiger partial charge in [-0.3, -0.25) is 4.79 Å². The molecule has 4 rings (SSSR count). The van der Waals surface area contributed by atoms with E-state index in [0.717, 1.165) is 22.3 Å². The molecule has 2 aliphatic rings. The lowest BCUT2D eigenvalue weighted by Gasteiger charge is -2.28. The van der Waals surface area contributed by atoms with E-state index in [1.165, 1.54) is 0 Å². The first-order chi connectivity index (χ1) is 14.5. The molecule has 0 saturated carbocycles. The summed E-state index contributed by atoms with van der Waals surface area (Å²) < 4.78 is 27.7. The van der Waals surface area contributed by atoms with Crippen LogP contribution in [-0.2, 0) is 9.53 Å². The highest BCUT2D eigenvalue weighted by molar-refractivity contribution is 5.78. The third-order valence-electron chi connectivity index (χ3n) is 5.96. The first-order valence-corrected chi connectivity index (χ1v) is 9.90. The van der Waals surface area contributed by atoms with Crippen molar-refractivity contribution in [3.63, 3.8) is 0 Å². The van der Waals surface area contributed by atoms with E-state index >= 15 is 0 Å². The van der Waals surface area contributed by atoms with E-state index < -0.39 is 5.92 Å². The zero-order valence-corrected chi connectivity index (χ0v) is 17.7. The Kier molecular flexibility index (Phi) is 5.33. The number of benzene rings is 2. The number of rotatable bonds is 6. The molecule has 3 atom stereocenters. The molecule has 2 aromatic rings. The molecule has 0 aliphatic carbocycles. The van der Waals surface area contributed by atoms with Gasteiger partial charge in [-0.1, -0.05) is 12.1 Å². The minimum absolute atomic E-state index is 0.0966. The first kappa shape index (κ1) is 20.1. The van der Waals surface area contributed by atoms with Crippen molar-refractivity contribution in [1.29, 1.82) is 0 Å². The van der Waals surface area contributed by atoms with Crippen molar-refractivity contribution in [2.24, 2.45) is 11.8 Å². The van der Waals surface area contributed by atoms with Crippen LogP contribution < -0.4 is 18.9 Å². The number of carbonyl (C=O) groups excluding carboxylic acids is 1. The van der Waals surface area contributed by atoms with Crippen LogP contribution in [0.15, 0.2) is 36.9 Å². The third kappa shape index (κ3) is 3.26. The van der Waals surface area contributed by atoms with E-state index in [4.69, 9.17) is 23.7 Å². The highest BCUT2D eigenvalue weighted by Gasteiger charge is 2.43. The number of hydrogen-bond donors (Lipinski definition) is 0. The van der Waals surface area contributed by atoms with Crippen LogP contribution >= 0.6 is 0 Å². The molecule has 6 nitrogen and oxygen atoms in total. The molecule has 2 unspecified atom stereocenters. The minimum atomic E-state index is -0.404. The fourth-order valence-corrected chi connectivity index (χ4v) is 4.49. The Hall–Kier alpha value is -3.15. The second-order valence-electron chi connectivity index (χ2n) is 7.67. The number of cyclic esters (lactones) is 1. The Morgan fingerprint density at radius 1 is 1.03 bits per heavy atom. The molecule has 1 saturated heterocycles. The van der Waals surface area contributed by atoms with Crippen molar-refractivity contribution in [2.45, 2.75) is 19.8 Å². The SMILES string of the molecule is C=C[C@H]1COC(=O)C1C(c1cc(C)c(OC)c(OC)c1)c1cc2c(cc1C)OCO2. The van der Waals surface area contributed by atoms with E-state index in [-0.39, 0.29) is 24.6 Å². The predicted octanol–water partition coefficient (Wildman–Crippen LogP) is 4.16. The van der Waals surface area contributed by atoms with Gasteiger partial charge in [0.15, 0.2) is 23.0 Å². The largest absolute Gasteiger partial charge is 0.493 e. The smallest absolute Gasteiger partial charge is 0.310 e. The van der Waals surface area contributed by atoms with Crippen molar-refractivity contribution in [3.8, 4) is 23.0 Å². The maximum absolute atomic E-state index is 12.9. The molecule has 158 valence electrons. The van der Waals surface area contributed by atoms with E-state index in [2.05, 4.69) is 6.58 Å². The van der Waals surface area contributed by atoms with Gasteiger partial charge >= 0.3 is 5.97 Å². The zero-order chi connectivity index (χ0) is 21.4. The summed E-state index contributed by atoms with van der Waals surface area (Å²) in [5, 5.41) is 0. The number of ether oxygens (including phenoxy) is 5. The summed E-state index contributed by atoms with van der Waals surface area (Å²) in [7, 11) is 3.23. The van der Waals surface area contributed by atoms with Crippen molar-refractivity contribution in [3.05, 3.63) is 59.2 Å². The van der Waals surface area contributed by atoms with E-state index in [1.807, 2.05) is 38.1 Å². The number of fused-ring (bicyclic) bond motifs is 1. The van der Waals surface area contributed by atoms with Gasteiger partial charge in [0.1, 0.15) is 0 Å². The summed E-state index contributed by atoms with van der Waals surface area (Å²) >= 11 is 0. The maximum Gasteiger partial charge on any atom is 0.310 e. The summed E-state index contributed by atoms with van der Waals surface area (Å²) in [6.07, 6.45) is 1.80. The second-order valence-corrected chi connectivity index (χ2v) is 7.67. The standard InChI is InChI=1S/C24H26O6/c1-6-15-11-28-24(25)22(15)21(16-7-14(3)23(27-5)20(9-16)26-4)17-10-19-18(8-13(17)2)29-12-30-19/h6-10,15,21-22H,1,11-12H2,2-5H3/t15-,21?,22?/m0/s1. The topological polar surface area (TPSA) is 63.2 Å². The monoisotopic (exact) mass is 410 g/mol. The van der Waals surface area contributed by atoms with E-state index in [0.29, 0.717) is 29.6 Å². The fraction of sp³-hybridized carbons (Fsp3) is 0.375. The Morgan fingerprint density at radius 3 is 2.43 bits per heavy atom. The van der Waals surface area contributed by atoms with E-state index in [1.54, 1.807) is 20.3 Å². The lowest BCUT2D eigenvalue weighted by molar-refractivity contribution is -0.141. The molecule has 2 aliphatic heterocycles. The molecular weight excluding hydrogens is 384 g/mol. The van der Waals surface area contributed by atoms with Gasteiger partial charge in [-0.25, -0.2) is 0 Å². The molecule has 0 amide bonds. The second kappa shape index (κ2) is 7.94. The van der Waals surface area contributed by atoms with Gasteiger partial charge in [0.2, 0.25) is 6.79 Å². The van der Waals surface area contributed by atoms with Crippen LogP contribution in [0.3, 0.4) is 0 Å². The van der Waals surface area contributed by atoms with Crippen LogP contribution in [-0.4, -0.2) is 33.6 Å². The molecule has 0 radical (unpaired) electrons. The molecule has 0 bridgehead atoms. The Balaban J connectivity index is 1.93. The summed E-state index contributed by atoms with van der Waals surface area (Å²) in [6.45, 7) is 8.44. The molecule has 2 heterocycles. The van der Waals surface area contributed by atoms with Gasteiger partial charge in [-0.2, -0.15) is 0 Å². The average molecular weight is 410 g/mol. The van der Waals surface area contributed by atoms with Crippen LogP contribution in [0.5, 0.6) is 23.0 Å². The highest BCUT2D eigenvalue weighted by atomic mass is 16.7. The number of esters is 1. The van der Waals surface area contributed by atoms with E-state index in [9.17, 15) is 4.79 Å². The maximum atomic E-state index is 12.9. The van der Waals surface area contributed by atoms with Crippen LogP contribution in [0.4, 0.5) is 0 Å². The number of carbonyl (C=O) groups is 1. The van der Waals surface area contributed by atoms with Gasteiger partial charge in [-0.15, -0.1) is 6.58 Å². The zero-order valence-electron chi connectivity index (χ0n) is 17.7. The third-order valence-corrected chi connectivity index (χ3v) is 5.96. The molecular formula is C24H26O6. The quantitative estimate of drug-likeness (QED) is 0.526. The van der Waals surface area contributed by atoms with Gasteiger partial charge < -0.3 is 23.7 Å². The first-order valence-electron chi connectivity index (χ1n) is 9.90. The average Bonchev–Trinajstić information content (AvgIpc) is 3.34. The molecule has 0 N–H and O–H groups in total. The number of hydrogen-bond acceptors (Lipinski definition) is 6. The van der Waals surface area contributed by atoms with Crippen LogP contribution in [0.25, 0.3) is 0 Å². The lowest BCUT2D eigenvalue weighted by Crippen LogP contribution is -2.25. The normalized spacial score (nSPS) is 20.6. The minimum Gasteiger partial charge on any atom is -0.493 e. The lowest BCUT2D eigenvalue weighted by atomic mass is 9.74. The summed E-state index contributed by atoms with van der Waals surface area (Å²) in [5.74, 6) is 1.70. The Morgan fingerprint density at radius 2 is 1.77 bits per heavy atom. The molecule has 0 spiro atoms. The Labute approximate surface area is 176 Å². The van der Waals surface area contributed by atoms with Crippen LogP contribution in [0.1, 0.15) is 28.2 Å². The highest BCUT2D eigenvalue weighted by Crippen LogP contribution is 2.47. The molecule has 2 aromatic carbocycles. The van der Waals surface area contributed by atoms with Gasteiger partial charge in [0, 0.05) is 11.8 Å². The van der Waals surface area contributed by atoms with Gasteiger partial charge in [0.25, 0.3) is 0 Å². The number of aryl methyl sites for hydroxylation is 2. The molecule has 6 heteroatoms.